The van der Waals surface area contributed by atoms with Gasteiger partial charge in [0.2, 0.25) is 5.91 Å². The first kappa shape index (κ1) is 14.7. The predicted molar refractivity (Wildman–Crippen MR) is 84.1 cm³/mol. The van der Waals surface area contributed by atoms with Crippen molar-refractivity contribution in [2.24, 2.45) is 5.73 Å². The Morgan fingerprint density at radius 1 is 1.50 bits per heavy atom. The van der Waals surface area contributed by atoms with E-state index >= 15 is 0 Å². The highest BCUT2D eigenvalue weighted by molar-refractivity contribution is 6.01. The standard InChI is InChI=1S/C16H19N3O3/c1-21-10-13-9-19(4-5-22-13)15-8-18-7-12-3-2-11(16(17)20)6-14(12)15/h2-3,6-8,13H,4-5,9-10H2,1H3,(H2,17,20). The van der Waals surface area contributed by atoms with Crippen molar-refractivity contribution in [3.05, 3.63) is 36.2 Å². The molecule has 0 bridgehead atoms. The average Bonchev–Trinajstić information content (AvgIpc) is 2.54. The molecule has 2 N–H and O–H groups in total. The molecular formula is C16H19N3O3. The van der Waals surface area contributed by atoms with Gasteiger partial charge in [-0.05, 0) is 12.1 Å². The number of anilines is 1. The Kier molecular flexibility index (Phi) is 4.22. The number of carbonyl (C=O) groups is 1. The second-order valence-electron chi connectivity index (χ2n) is 5.35. The number of nitrogens with zero attached hydrogens (tertiary/aromatic N) is 2. The fourth-order valence-electron chi connectivity index (χ4n) is 2.78. The van der Waals surface area contributed by atoms with E-state index in [9.17, 15) is 4.79 Å². The number of ether oxygens (including phenoxy) is 2. The van der Waals surface area contributed by atoms with Crippen molar-refractivity contribution in [2.75, 3.05) is 38.3 Å². The number of nitrogens with two attached hydrogens (primary N) is 1. The lowest BCUT2D eigenvalue weighted by atomic mass is 10.1. The van der Waals surface area contributed by atoms with Crippen LogP contribution >= 0.6 is 0 Å². The molecule has 1 atom stereocenters. The zero-order valence-corrected chi connectivity index (χ0v) is 12.5. The molecule has 22 heavy (non-hydrogen) atoms. The van der Waals surface area contributed by atoms with Crippen LogP contribution in [-0.2, 0) is 9.47 Å². The molecule has 1 aliphatic heterocycles. The van der Waals surface area contributed by atoms with Gasteiger partial charge < -0.3 is 20.1 Å². The number of hydrogen-bond donors (Lipinski definition) is 1. The van der Waals surface area contributed by atoms with Crippen LogP contribution in [0.25, 0.3) is 10.8 Å². The zero-order valence-electron chi connectivity index (χ0n) is 12.5. The quantitative estimate of drug-likeness (QED) is 0.917. The first-order valence-corrected chi connectivity index (χ1v) is 7.22. The summed E-state index contributed by atoms with van der Waals surface area (Å²) in [7, 11) is 1.67. The fourth-order valence-corrected chi connectivity index (χ4v) is 2.78. The molecule has 116 valence electrons. The van der Waals surface area contributed by atoms with Crippen LogP contribution < -0.4 is 10.6 Å². The molecule has 1 fully saturated rings. The molecule has 6 nitrogen and oxygen atoms in total. The molecule has 1 amide bonds. The lowest BCUT2D eigenvalue weighted by molar-refractivity contribution is -0.00996. The van der Waals surface area contributed by atoms with E-state index in [1.54, 1.807) is 19.4 Å². The zero-order chi connectivity index (χ0) is 15.5. The van der Waals surface area contributed by atoms with Crippen LogP contribution in [-0.4, -0.2) is 50.4 Å². The monoisotopic (exact) mass is 301 g/mol. The molecule has 0 radical (unpaired) electrons. The van der Waals surface area contributed by atoms with Crippen molar-refractivity contribution in [1.29, 1.82) is 0 Å². The molecular weight excluding hydrogens is 282 g/mol. The maximum atomic E-state index is 11.4. The van der Waals surface area contributed by atoms with Crippen molar-refractivity contribution in [3.8, 4) is 0 Å². The second-order valence-corrected chi connectivity index (χ2v) is 5.35. The average molecular weight is 301 g/mol. The summed E-state index contributed by atoms with van der Waals surface area (Å²) in [5.74, 6) is -0.427. The SMILES string of the molecule is COCC1CN(c2cncc3ccc(C(N)=O)cc23)CCO1. The summed E-state index contributed by atoms with van der Waals surface area (Å²) in [5, 5.41) is 1.96. The van der Waals surface area contributed by atoms with Crippen molar-refractivity contribution >= 4 is 22.4 Å². The van der Waals surface area contributed by atoms with Gasteiger partial charge >= 0.3 is 0 Å². The van der Waals surface area contributed by atoms with Crippen molar-refractivity contribution in [3.63, 3.8) is 0 Å². The van der Waals surface area contributed by atoms with Gasteiger partial charge in [0.25, 0.3) is 0 Å². The topological polar surface area (TPSA) is 77.7 Å². The van der Waals surface area contributed by atoms with E-state index in [1.165, 1.54) is 0 Å². The first-order valence-electron chi connectivity index (χ1n) is 7.22. The maximum Gasteiger partial charge on any atom is 0.248 e. The number of benzene rings is 1. The number of morpholine rings is 1. The van der Waals surface area contributed by atoms with E-state index < -0.39 is 5.91 Å². The summed E-state index contributed by atoms with van der Waals surface area (Å²) < 4.78 is 10.9. The van der Waals surface area contributed by atoms with Gasteiger partial charge in [-0.1, -0.05) is 6.07 Å². The molecule has 1 aromatic heterocycles. The van der Waals surface area contributed by atoms with E-state index in [0.29, 0.717) is 18.8 Å². The normalized spacial score (nSPS) is 18.6. The van der Waals surface area contributed by atoms with Gasteiger partial charge in [-0.15, -0.1) is 0 Å². The Morgan fingerprint density at radius 2 is 2.36 bits per heavy atom. The number of rotatable bonds is 4. The van der Waals surface area contributed by atoms with Crippen molar-refractivity contribution in [2.45, 2.75) is 6.10 Å². The molecule has 1 saturated heterocycles. The largest absolute Gasteiger partial charge is 0.382 e. The van der Waals surface area contributed by atoms with Gasteiger partial charge in [0.1, 0.15) is 0 Å². The van der Waals surface area contributed by atoms with E-state index in [-0.39, 0.29) is 6.10 Å². The Morgan fingerprint density at radius 3 is 3.14 bits per heavy atom. The van der Waals surface area contributed by atoms with Gasteiger partial charge in [-0.2, -0.15) is 0 Å². The molecule has 1 aromatic carbocycles. The Bertz CT molecular complexity index is 687. The van der Waals surface area contributed by atoms with Gasteiger partial charge in [-0.25, -0.2) is 0 Å². The molecule has 6 heteroatoms. The summed E-state index contributed by atoms with van der Waals surface area (Å²) in [6.45, 7) is 2.71. The molecule has 0 aliphatic carbocycles. The van der Waals surface area contributed by atoms with Crippen LogP contribution in [0.2, 0.25) is 0 Å². The molecule has 2 aromatic rings. The third-order valence-electron chi connectivity index (χ3n) is 3.86. The van der Waals surface area contributed by atoms with Crippen LogP contribution in [0, 0.1) is 0 Å². The number of fused-ring (bicyclic) bond motifs is 1. The number of aromatic nitrogens is 1. The molecule has 1 aliphatic rings. The lowest BCUT2D eigenvalue weighted by Gasteiger charge is -2.34. The Labute approximate surface area is 128 Å². The van der Waals surface area contributed by atoms with Crippen molar-refractivity contribution < 1.29 is 14.3 Å². The van der Waals surface area contributed by atoms with Gasteiger partial charge in [0, 0.05) is 42.7 Å². The van der Waals surface area contributed by atoms with Gasteiger partial charge in [0.05, 0.1) is 31.2 Å². The molecule has 2 heterocycles. The lowest BCUT2D eigenvalue weighted by Crippen LogP contribution is -2.44. The fraction of sp³-hybridized carbons (Fsp3) is 0.375. The number of methoxy groups -OCH3 is 1. The minimum atomic E-state index is -0.427. The first-order chi connectivity index (χ1) is 10.7. The summed E-state index contributed by atoms with van der Waals surface area (Å²) >= 11 is 0. The van der Waals surface area contributed by atoms with Crippen LogP contribution in [0.4, 0.5) is 5.69 Å². The highest BCUT2D eigenvalue weighted by Gasteiger charge is 2.22. The predicted octanol–water partition coefficient (Wildman–Crippen LogP) is 1.19. The molecule has 0 spiro atoms. The summed E-state index contributed by atoms with van der Waals surface area (Å²) in [5.41, 5.74) is 6.88. The number of pyridine rings is 1. The third-order valence-corrected chi connectivity index (χ3v) is 3.86. The minimum Gasteiger partial charge on any atom is -0.382 e. The van der Waals surface area contributed by atoms with Gasteiger partial charge in [0.15, 0.2) is 0 Å². The number of primary amides is 1. The smallest absolute Gasteiger partial charge is 0.248 e. The summed E-state index contributed by atoms with van der Waals surface area (Å²) in [4.78, 5) is 17.9. The molecule has 1 unspecified atom stereocenters. The second kappa shape index (κ2) is 6.29. The maximum absolute atomic E-state index is 11.4. The number of carbonyl (C=O) groups excluding carboxylic acids is 1. The third kappa shape index (κ3) is 2.88. The Hall–Kier alpha value is -2.18. The highest BCUT2D eigenvalue weighted by atomic mass is 16.5. The highest BCUT2D eigenvalue weighted by Crippen LogP contribution is 2.28. The number of hydrogen-bond acceptors (Lipinski definition) is 5. The molecule has 0 saturated carbocycles. The van der Waals surface area contributed by atoms with Crippen LogP contribution in [0.5, 0.6) is 0 Å². The van der Waals surface area contributed by atoms with E-state index in [1.807, 2.05) is 18.3 Å². The van der Waals surface area contributed by atoms with Crippen molar-refractivity contribution in [1.82, 2.24) is 4.98 Å². The van der Waals surface area contributed by atoms with Gasteiger partial charge in [-0.3, -0.25) is 9.78 Å². The van der Waals surface area contributed by atoms with E-state index in [4.69, 9.17) is 15.2 Å². The molecule has 3 rings (SSSR count). The Balaban J connectivity index is 1.98. The van der Waals surface area contributed by atoms with E-state index in [0.717, 1.165) is 29.5 Å². The number of amides is 1. The van der Waals surface area contributed by atoms with E-state index in [2.05, 4.69) is 9.88 Å². The van der Waals surface area contributed by atoms with Crippen LogP contribution in [0.3, 0.4) is 0 Å². The summed E-state index contributed by atoms with van der Waals surface area (Å²) in [6.07, 6.45) is 3.65. The van der Waals surface area contributed by atoms with Crippen LogP contribution in [0.15, 0.2) is 30.6 Å². The minimum absolute atomic E-state index is 0.0355. The summed E-state index contributed by atoms with van der Waals surface area (Å²) in [6, 6.07) is 5.43. The van der Waals surface area contributed by atoms with Crippen LogP contribution in [0.1, 0.15) is 10.4 Å².